The molecule has 0 spiro atoms. The van der Waals surface area contributed by atoms with Crippen molar-refractivity contribution < 1.29 is 0 Å². The van der Waals surface area contributed by atoms with Crippen molar-refractivity contribution in [2.75, 3.05) is 0 Å². The van der Waals surface area contributed by atoms with Crippen molar-refractivity contribution in [1.29, 1.82) is 0 Å². The first-order valence-corrected chi connectivity index (χ1v) is 5.16. The summed E-state index contributed by atoms with van der Waals surface area (Å²) in [6.45, 7) is 0. The standard InChI is InChI=1S/C13H16/c1-3-7-12(8-4-1)11-13-9-5-2-6-10-13/h1,3-5,7-9,13H,2,6,10-11H2/t13-/m1/s1. The summed E-state index contributed by atoms with van der Waals surface area (Å²) in [7, 11) is 0. The van der Waals surface area contributed by atoms with Crippen molar-refractivity contribution in [3.05, 3.63) is 48.0 Å². The Kier molecular flexibility index (Phi) is 2.81. The van der Waals surface area contributed by atoms with Crippen LogP contribution in [0.4, 0.5) is 0 Å². The predicted molar refractivity (Wildman–Crippen MR) is 56.6 cm³/mol. The zero-order chi connectivity index (χ0) is 8.93. The number of allylic oxidation sites excluding steroid dienone is 2. The van der Waals surface area contributed by atoms with Gasteiger partial charge < -0.3 is 0 Å². The molecule has 0 aliphatic heterocycles. The Balaban J connectivity index is 1.98. The Labute approximate surface area is 80.3 Å². The van der Waals surface area contributed by atoms with Crippen molar-refractivity contribution in [2.24, 2.45) is 5.92 Å². The zero-order valence-corrected chi connectivity index (χ0v) is 7.95. The van der Waals surface area contributed by atoms with Crippen LogP contribution in [-0.4, -0.2) is 0 Å². The summed E-state index contributed by atoms with van der Waals surface area (Å²) < 4.78 is 0. The van der Waals surface area contributed by atoms with Gasteiger partial charge in [-0.05, 0) is 37.2 Å². The van der Waals surface area contributed by atoms with E-state index in [0.29, 0.717) is 0 Å². The van der Waals surface area contributed by atoms with Crippen molar-refractivity contribution in [1.82, 2.24) is 0 Å². The molecular formula is C13H16. The topological polar surface area (TPSA) is 0 Å². The Hall–Kier alpha value is -1.04. The van der Waals surface area contributed by atoms with Crippen LogP contribution in [0.2, 0.25) is 0 Å². The molecule has 0 saturated carbocycles. The minimum absolute atomic E-state index is 0.788. The molecule has 0 N–H and O–H groups in total. The van der Waals surface area contributed by atoms with Gasteiger partial charge in [-0.1, -0.05) is 42.5 Å². The molecule has 0 saturated heterocycles. The first-order chi connectivity index (χ1) is 6.45. The lowest BCUT2D eigenvalue weighted by molar-refractivity contribution is 0.539. The van der Waals surface area contributed by atoms with Crippen molar-refractivity contribution in [3.63, 3.8) is 0 Å². The summed E-state index contributed by atoms with van der Waals surface area (Å²) >= 11 is 0. The van der Waals surface area contributed by atoms with Crippen LogP contribution in [0, 0.1) is 5.92 Å². The monoisotopic (exact) mass is 172 g/mol. The van der Waals surface area contributed by atoms with Gasteiger partial charge in [-0.15, -0.1) is 0 Å². The van der Waals surface area contributed by atoms with E-state index in [1.807, 2.05) is 0 Å². The van der Waals surface area contributed by atoms with Crippen LogP contribution in [0.3, 0.4) is 0 Å². The SMILES string of the molecule is C1=C[C@@H](Cc2ccccc2)CCC1. The van der Waals surface area contributed by atoms with Crippen LogP contribution in [0.25, 0.3) is 0 Å². The summed E-state index contributed by atoms with van der Waals surface area (Å²) in [6.07, 6.45) is 9.95. The quantitative estimate of drug-likeness (QED) is 0.598. The van der Waals surface area contributed by atoms with Gasteiger partial charge in [0.1, 0.15) is 0 Å². The highest BCUT2D eigenvalue weighted by molar-refractivity contribution is 5.16. The van der Waals surface area contributed by atoms with Crippen LogP contribution >= 0.6 is 0 Å². The maximum Gasteiger partial charge on any atom is -0.0193 e. The molecule has 0 heterocycles. The third kappa shape index (κ3) is 2.45. The lowest BCUT2D eigenvalue weighted by Gasteiger charge is -2.15. The smallest absolute Gasteiger partial charge is 0.0193 e. The van der Waals surface area contributed by atoms with E-state index in [-0.39, 0.29) is 0 Å². The van der Waals surface area contributed by atoms with Gasteiger partial charge in [-0.2, -0.15) is 0 Å². The highest BCUT2D eigenvalue weighted by Crippen LogP contribution is 2.20. The third-order valence-corrected chi connectivity index (χ3v) is 2.69. The van der Waals surface area contributed by atoms with Gasteiger partial charge in [-0.3, -0.25) is 0 Å². The minimum Gasteiger partial charge on any atom is -0.0882 e. The highest BCUT2D eigenvalue weighted by atomic mass is 14.1. The Morgan fingerprint density at radius 2 is 2.00 bits per heavy atom. The summed E-state index contributed by atoms with van der Waals surface area (Å²) in [5.41, 5.74) is 1.47. The van der Waals surface area contributed by atoms with E-state index in [1.54, 1.807) is 0 Å². The maximum absolute atomic E-state index is 2.39. The van der Waals surface area contributed by atoms with Gasteiger partial charge in [0, 0.05) is 0 Å². The summed E-state index contributed by atoms with van der Waals surface area (Å²) in [5.74, 6) is 0.788. The van der Waals surface area contributed by atoms with E-state index in [2.05, 4.69) is 42.5 Å². The first kappa shape index (κ1) is 8.55. The van der Waals surface area contributed by atoms with E-state index in [4.69, 9.17) is 0 Å². The van der Waals surface area contributed by atoms with Crippen molar-refractivity contribution in [2.45, 2.75) is 25.7 Å². The fraction of sp³-hybridized carbons (Fsp3) is 0.385. The second-order valence-electron chi connectivity index (χ2n) is 3.81. The van der Waals surface area contributed by atoms with Gasteiger partial charge in [0.05, 0.1) is 0 Å². The average Bonchev–Trinajstić information content (AvgIpc) is 2.21. The molecule has 1 aromatic carbocycles. The van der Waals surface area contributed by atoms with Crippen LogP contribution in [0.5, 0.6) is 0 Å². The lowest BCUT2D eigenvalue weighted by atomic mass is 9.90. The normalized spacial score (nSPS) is 21.7. The molecule has 0 bridgehead atoms. The zero-order valence-electron chi connectivity index (χ0n) is 7.95. The molecule has 1 aliphatic carbocycles. The average molecular weight is 172 g/mol. The van der Waals surface area contributed by atoms with Crippen molar-refractivity contribution in [3.8, 4) is 0 Å². The molecule has 13 heavy (non-hydrogen) atoms. The van der Waals surface area contributed by atoms with Gasteiger partial charge in [0.25, 0.3) is 0 Å². The van der Waals surface area contributed by atoms with E-state index < -0.39 is 0 Å². The lowest BCUT2D eigenvalue weighted by Crippen LogP contribution is -2.04. The number of benzene rings is 1. The molecule has 0 unspecified atom stereocenters. The third-order valence-electron chi connectivity index (χ3n) is 2.69. The largest absolute Gasteiger partial charge is 0.0882 e. The molecule has 0 fully saturated rings. The molecule has 0 aromatic heterocycles. The fourth-order valence-corrected chi connectivity index (χ4v) is 1.97. The second-order valence-corrected chi connectivity index (χ2v) is 3.81. The molecule has 1 aromatic rings. The molecule has 0 nitrogen and oxygen atoms in total. The second kappa shape index (κ2) is 4.27. The Morgan fingerprint density at radius 3 is 2.69 bits per heavy atom. The Bertz CT molecular complexity index is 271. The van der Waals surface area contributed by atoms with Gasteiger partial charge in [-0.25, -0.2) is 0 Å². The van der Waals surface area contributed by atoms with Gasteiger partial charge >= 0.3 is 0 Å². The highest BCUT2D eigenvalue weighted by Gasteiger charge is 2.08. The van der Waals surface area contributed by atoms with E-state index >= 15 is 0 Å². The van der Waals surface area contributed by atoms with Crippen LogP contribution < -0.4 is 0 Å². The fourth-order valence-electron chi connectivity index (χ4n) is 1.97. The molecule has 0 radical (unpaired) electrons. The molecule has 1 aliphatic rings. The molecule has 68 valence electrons. The van der Waals surface area contributed by atoms with E-state index in [9.17, 15) is 0 Å². The summed E-state index contributed by atoms with van der Waals surface area (Å²) in [5, 5.41) is 0. The van der Waals surface area contributed by atoms with Crippen molar-refractivity contribution >= 4 is 0 Å². The minimum atomic E-state index is 0.788. The molecule has 2 rings (SSSR count). The maximum atomic E-state index is 2.39. The molecular weight excluding hydrogens is 156 g/mol. The number of rotatable bonds is 2. The predicted octanol–water partition coefficient (Wildman–Crippen LogP) is 3.59. The number of hydrogen-bond acceptors (Lipinski definition) is 0. The van der Waals surface area contributed by atoms with Crippen LogP contribution in [0.15, 0.2) is 42.5 Å². The summed E-state index contributed by atoms with van der Waals surface area (Å²) in [6, 6.07) is 10.8. The van der Waals surface area contributed by atoms with Gasteiger partial charge in [0.15, 0.2) is 0 Å². The molecule has 0 heteroatoms. The van der Waals surface area contributed by atoms with E-state index in [1.165, 1.54) is 31.2 Å². The van der Waals surface area contributed by atoms with Crippen LogP contribution in [-0.2, 0) is 6.42 Å². The number of hydrogen-bond donors (Lipinski definition) is 0. The summed E-state index contributed by atoms with van der Waals surface area (Å²) in [4.78, 5) is 0. The molecule has 0 amide bonds. The van der Waals surface area contributed by atoms with E-state index in [0.717, 1.165) is 5.92 Å². The first-order valence-electron chi connectivity index (χ1n) is 5.16. The van der Waals surface area contributed by atoms with Crippen LogP contribution in [0.1, 0.15) is 24.8 Å². The Morgan fingerprint density at radius 1 is 1.15 bits per heavy atom. The molecule has 1 atom stereocenters. The van der Waals surface area contributed by atoms with Gasteiger partial charge in [0.2, 0.25) is 0 Å².